The zero-order valence-electron chi connectivity index (χ0n) is 12.3. The molecule has 1 fully saturated rings. The summed E-state index contributed by atoms with van der Waals surface area (Å²) in [7, 11) is 0. The first-order valence-corrected chi connectivity index (χ1v) is 6.92. The van der Waals surface area contributed by atoms with Crippen LogP contribution in [0.1, 0.15) is 51.2 Å². The molecule has 0 aliphatic heterocycles. The summed E-state index contributed by atoms with van der Waals surface area (Å²) >= 11 is 0. The number of carbonyl (C=O) groups is 1. The Bertz CT molecular complexity index is 542. The standard InChI is InChI=1S/C17H21NO2/c1-5-13-7-9-14(10-8-13)17(11-6-12-17)18(15(19)20)16(2,3)4/h1,7-10H,6,11-12H2,2-4H3,(H,19,20). The third-order valence-corrected chi connectivity index (χ3v) is 4.06. The number of amides is 1. The van der Waals surface area contributed by atoms with Gasteiger partial charge in [-0.15, -0.1) is 6.42 Å². The summed E-state index contributed by atoms with van der Waals surface area (Å²) in [6.45, 7) is 5.82. The average molecular weight is 271 g/mol. The summed E-state index contributed by atoms with van der Waals surface area (Å²) in [4.78, 5) is 13.4. The first kappa shape index (κ1) is 14.5. The van der Waals surface area contributed by atoms with E-state index < -0.39 is 17.2 Å². The van der Waals surface area contributed by atoms with Crippen molar-refractivity contribution in [2.45, 2.75) is 51.1 Å². The zero-order chi connectivity index (χ0) is 15.0. The molecule has 1 aromatic rings. The number of hydrogen-bond acceptors (Lipinski definition) is 1. The topological polar surface area (TPSA) is 40.5 Å². The van der Waals surface area contributed by atoms with Gasteiger partial charge >= 0.3 is 6.09 Å². The first-order valence-electron chi connectivity index (χ1n) is 6.92. The molecule has 1 aromatic carbocycles. The van der Waals surface area contributed by atoms with Crippen molar-refractivity contribution in [3.8, 4) is 12.3 Å². The van der Waals surface area contributed by atoms with E-state index in [0.29, 0.717) is 0 Å². The highest BCUT2D eigenvalue weighted by atomic mass is 16.4. The van der Waals surface area contributed by atoms with Gasteiger partial charge in [0, 0.05) is 11.1 Å². The van der Waals surface area contributed by atoms with Gasteiger partial charge in [-0.05, 0) is 57.7 Å². The molecule has 1 amide bonds. The molecule has 0 atom stereocenters. The minimum atomic E-state index is -0.863. The van der Waals surface area contributed by atoms with Crippen molar-refractivity contribution in [2.24, 2.45) is 0 Å². The molecule has 0 spiro atoms. The van der Waals surface area contributed by atoms with E-state index in [9.17, 15) is 9.90 Å². The van der Waals surface area contributed by atoms with E-state index in [0.717, 1.165) is 30.4 Å². The highest BCUT2D eigenvalue weighted by Crippen LogP contribution is 2.49. The van der Waals surface area contributed by atoms with Crippen molar-refractivity contribution in [3.63, 3.8) is 0 Å². The number of rotatable bonds is 2. The Hall–Kier alpha value is -1.95. The summed E-state index contributed by atoms with van der Waals surface area (Å²) in [6.07, 6.45) is 7.30. The number of carboxylic acid groups (broad SMARTS) is 1. The maximum atomic E-state index is 11.8. The van der Waals surface area contributed by atoms with Crippen LogP contribution in [-0.2, 0) is 5.54 Å². The van der Waals surface area contributed by atoms with Gasteiger partial charge in [0.2, 0.25) is 0 Å². The molecule has 0 aromatic heterocycles. The molecule has 0 heterocycles. The molecular weight excluding hydrogens is 250 g/mol. The molecular formula is C17H21NO2. The highest BCUT2D eigenvalue weighted by molar-refractivity contribution is 5.68. The van der Waals surface area contributed by atoms with Crippen molar-refractivity contribution in [2.75, 3.05) is 0 Å². The number of benzene rings is 1. The molecule has 0 unspecified atom stereocenters. The Morgan fingerprint density at radius 2 is 1.85 bits per heavy atom. The second-order valence-corrected chi connectivity index (χ2v) is 6.40. The number of nitrogens with zero attached hydrogens (tertiary/aromatic N) is 1. The molecule has 20 heavy (non-hydrogen) atoms. The van der Waals surface area contributed by atoms with Crippen LogP contribution in [0.4, 0.5) is 4.79 Å². The Morgan fingerprint density at radius 1 is 1.30 bits per heavy atom. The maximum absolute atomic E-state index is 11.8. The molecule has 106 valence electrons. The lowest BCUT2D eigenvalue weighted by atomic mass is 9.69. The Morgan fingerprint density at radius 3 is 2.15 bits per heavy atom. The highest BCUT2D eigenvalue weighted by Gasteiger charge is 2.50. The summed E-state index contributed by atoms with van der Waals surface area (Å²) < 4.78 is 0. The van der Waals surface area contributed by atoms with Crippen molar-refractivity contribution in [3.05, 3.63) is 35.4 Å². The van der Waals surface area contributed by atoms with Gasteiger partial charge in [-0.1, -0.05) is 18.1 Å². The van der Waals surface area contributed by atoms with E-state index in [-0.39, 0.29) is 0 Å². The molecule has 1 aliphatic rings. The van der Waals surface area contributed by atoms with Gasteiger partial charge in [0.25, 0.3) is 0 Å². The zero-order valence-corrected chi connectivity index (χ0v) is 12.3. The Labute approximate surface area is 120 Å². The smallest absolute Gasteiger partial charge is 0.408 e. The Kier molecular flexibility index (Phi) is 3.52. The van der Waals surface area contributed by atoms with Gasteiger partial charge in [-0.3, -0.25) is 4.90 Å². The van der Waals surface area contributed by atoms with Crippen LogP contribution in [0.25, 0.3) is 0 Å². The summed E-state index contributed by atoms with van der Waals surface area (Å²) in [5, 5.41) is 9.67. The molecule has 1 saturated carbocycles. The number of terminal acetylenes is 1. The number of hydrogen-bond donors (Lipinski definition) is 1. The van der Waals surface area contributed by atoms with E-state index in [2.05, 4.69) is 5.92 Å². The summed E-state index contributed by atoms with van der Waals surface area (Å²) in [6, 6.07) is 7.71. The van der Waals surface area contributed by atoms with Crippen LogP contribution < -0.4 is 0 Å². The van der Waals surface area contributed by atoms with Gasteiger partial charge < -0.3 is 5.11 Å². The van der Waals surface area contributed by atoms with Crippen LogP contribution in [0.15, 0.2) is 24.3 Å². The lowest BCUT2D eigenvalue weighted by molar-refractivity contribution is -0.0328. The predicted molar refractivity (Wildman–Crippen MR) is 79.5 cm³/mol. The molecule has 1 N–H and O–H groups in total. The van der Waals surface area contributed by atoms with Crippen LogP contribution in [0.5, 0.6) is 0 Å². The summed E-state index contributed by atoms with van der Waals surface area (Å²) in [5.41, 5.74) is 1.02. The fraction of sp³-hybridized carbons (Fsp3) is 0.471. The monoisotopic (exact) mass is 271 g/mol. The second kappa shape index (κ2) is 4.86. The van der Waals surface area contributed by atoms with Crippen molar-refractivity contribution in [1.82, 2.24) is 4.90 Å². The van der Waals surface area contributed by atoms with E-state index >= 15 is 0 Å². The maximum Gasteiger partial charge on any atom is 0.408 e. The molecule has 3 nitrogen and oxygen atoms in total. The lowest BCUT2D eigenvalue weighted by Gasteiger charge is -2.54. The van der Waals surface area contributed by atoms with Crippen LogP contribution in [0, 0.1) is 12.3 Å². The minimum absolute atomic E-state index is 0.406. The van der Waals surface area contributed by atoms with Gasteiger partial charge in [-0.25, -0.2) is 4.79 Å². The van der Waals surface area contributed by atoms with Gasteiger partial charge in [0.15, 0.2) is 0 Å². The molecule has 0 saturated heterocycles. The van der Waals surface area contributed by atoms with Gasteiger partial charge in [0.05, 0.1) is 5.54 Å². The van der Waals surface area contributed by atoms with Crippen LogP contribution in [0.2, 0.25) is 0 Å². The molecule has 3 heteroatoms. The average Bonchev–Trinajstić information content (AvgIpc) is 2.31. The fourth-order valence-electron chi connectivity index (χ4n) is 3.14. The minimum Gasteiger partial charge on any atom is -0.465 e. The largest absolute Gasteiger partial charge is 0.465 e. The Balaban J connectivity index is 2.47. The second-order valence-electron chi connectivity index (χ2n) is 6.40. The van der Waals surface area contributed by atoms with Gasteiger partial charge in [0.1, 0.15) is 0 Å². The van der Waals surface area contributed by atoms with Crippen LogP contribution in [-0.4, -0.2) is 21.6 Å². The van der Waals surface area contributed by atoms with Gasteiger partial charge in [-0.2, -0.15) is 0 Å². The third kappa shape index (κ3) is 2.27. The van der Waals surface area contributed by atoms with Crippen molar-refractivity contribution in [1.29, 1.82) is 0 Å². The van der Waals surface area contributed by atoms with E-state index in [1.807, 2.05) is 45.0 Å². The van der Waals surface area contributed by atoms with Crippen LogP contribution >= 0.6 is 0 Å². The lowest BCUT2D eigenvalue weighted by Crippen LogP contribution is -2.60. The SMILES string of the molecule is C#Cc1ccc(C2(N(C(=O)O)C(C)(C)C)CCC2)cc1. The molecule has 1 aliphatic carbocycles. The normalized spacial score (nSPS) is 16.9. The summed E-state index contributed by atoms with van der Waals surface area (Å²) in [5.74, 6) is 2.59. The van der Waals surface area contributed by atoms with E-state index in [4.69, 9.17) is 6.42 Å². The quantitative estimate of drug-likeness (QED) is 0.831. The van der Waals surface area contributed by atoms with E-state index in [1.165, 1.54) is 0 Å². The van der Waals surface area contributed by atoms with Crippen molar-refractivity contribution >= 4 is 6.09 Å². The third-order valence-electron chi connectivity index (χ3n) is 4.06. The molecule has 2 rings (SSSR count). The first-order chi connectivity index (χ1) is 9.31. The molecule has 0 radical (unpaired) electrons. The fourth-order valence-corrected chi connectivity index (χ4v) is 3.14. The van der Waals surface area contributed by atoms with Crippen LogP contribution in [0.3, 0.4) is 0 Å². The molecule has 0 bridgehead atoms. The van der Waals surface area contributed by atoms with Crippen molar-refractivity contribution < 1.29 is 9.90 Å². The van der Waals surface area contributed by atoms with E-state index in [1.54, 1.807) is 4.90 Å². The predicted octanol–water partition coefficient (Wildman–Crippen LogP) is 3.83.